The van der Waals surface area contributed by atoms with Crippen molar-refractivity contribution in [3.8, 4) is 0 Å². The summed E-state index contributed by atoms with van der Waals surface area (Å²) in [6.07, 6.45) is 1.75. The number of Topliss-reactive ketones (excluding diaryl/α,β-unsaturated/α-hetero) is 1. The lowest BCUT2D eigenvalue weighted by molar-refractivity contribution is 0.101. The summed E-state index contributed by atoms with van der Waals surface area (Å²) in [5.74, 6) is 1.34. The van der Waals surface area contributed by atoms with E-state index >= 15 is 0 Å². The van der Waals surface area contributed by atoms with Crippen LogP contribution in [0.3, 0.4) is 0 Å². The van der Waals surface area contributed by atoms with E-state index in [2.05, 4.69) is 27.3 Å². The van der Waals surface area contributed by atoms with Gasteiger partial charge < -0.3 is 10.2 Å². The molecule has 4 aromatic rings. The van der Waals surface area contributed by atoms with Crippen molar-refractivity contribution in [3.05, 3.63) is 108 Å². The maximum absolute atomic E-state index is 11.5. The molecule has 3 aromatic carbocycles. The number of aromatic nitrogens is 2. The van der Waals surface area contributed by atoms with E-state index in [-0.39, 0.29) is 5.78 Å². The number of carbonyl (C=O) groups excluding carboxylic acids is 1. The summed E-state index contributed by atoms with van der Waals surface area (Å²) < 4.78 is 0. The zero-order valence-electron chi connectivity index (χ0n) is 16.7. The average Bonchev–Trinajstić information content (AvgIpc) is 2.79. The standard InChI is InChI=1S/C25H22N4O/c1-19(30)21-12-14-22(15-13-21)27-24-16-17-26-25(28-24)29(23-10-6-3-7-11-23)18-20-8-4-2-5-9-20/h2-17H,18H2,1H3,(H,26,27,28). The van der Waals surface area contributed by atoms with Crippen molar-refractivity contribution in [1.29, 1.82) is 0 Å². The topological polar surface area (TPSA) is 58.1 Å². The lowest BCUT2D eigenvalue weighted by atomic mass is 10.1. The number of para-hydroxylation sites is 1. The van der Waals surface area contributed by atoms with Crippen molar-refractivity contribution in [3.63, 3.8) is 0 Å². The minimum absolute atomic E-state index is 0.0466. The van der Waals surface area contributed by atoms with Crippen LogP contribution in [0.15, 0.2) is 97.2 Å². The first-order chi connectivity index (χ1) is 14.7. The van der Waals surface area contributed by atoms with Gasteiger partial charge in [-0.05, 0) is 55.0 Å². The Morgan fingerprint density at radius 1 is 0.867 bits per heavy atom. The quantitative estimate of drug-likeness (QED) is 0.404. The molecule has 0 saturated carbocycles. The molecule has 0 unspecified atom stereocenters. The maximum atomic E-state index is 11.5. The highest BCUT2D eigenvalue weighted by atomic mass is 16.1. The average molecular weight is 394 g/mol. The first-order valence-electron chi connectivity index (χ1n) is 9.76. The summed E-state index contributed by atoms with van der Waals surface area (Å²) in [6.45, 7) is 2.21. The fourth-order valence-electron chi connectivity index (χ4n) is 3.14. The van der Waals surface area contributed by atoms with Gasteiger partial charge in [0.15, 0.2) is 5.78 Å². The molecule has 1 aromatic heterocycles. The molecule has 0 amide bonds. The molecule has 5 nitrogen and oxygen atoms in total. The van der Waals surface area contributed by atoms with Crippen LogP contribution >= 0.6 is 0 Å². The number of nitrogens with one attached hydrogen (secondary N) is 1. The van der Waals surface area contributed by atoms with Crippen LogP contribution in [0.4, 0.5) is 23.1 Å². The maximum Gasteiger partial charge on any atom is 0.232 e. The van der Waals surface area contributed by atoms with Gasteiger partial charge in [0.05, 0.1) is 6.54 Å². The van der Waals surface area contributed by atoms with Crippen molar-refractivity contribution in [2.75, 3.05) is 10.2 Å². The Balaban J connectivity index is 1.62. The number of benzene rings is 3. The van der Waals surface area contributed by atoms with Gasteiger partial charge in [0.1, 0.15) is 5.82 Å². The van der Waals surface area contributed by atoms with Gasteiger partial charge in [-0.25, -0.2) is 4.98 Å². The number of rotatable bonds is 7. The minimum Gasteiger partial charge on any atom is -0.340 e. The van der Waals surface area contributed by atoms with Crippen LogP contribution in [0.1, 0.15) is 22.8 Å². The summed E-state index contributed by atoms with van der Waals surface area (Å²) in [4.78, 5) is 22.8. The van der Waals surface area contributed by atoms with Crippen molar-refractivity contribution < 1.29 is 4.79 Å². The Kier molecular flexibility index (Phi) is 5.80. The molecular formula is C25H22N4O. The Morgan fingerprint density at radius 3 is 2.20 bits per heavy atom. The van der Waals surface area contributed by atoms with Gasteiger partial charge in [-0.15, -0.1) is 0 Å². The van der Waals surface area contributed by atoms with E-state index < -0.39 is 0 Å². The zero-order valence-corrected chi connectivity index (χ0v) is 16.7. The molecule has 0 aliphatic rings. The van der Waals surface area contributed by atoms with Crippen LogP contribution in [-0.4, -0.2) is 15.8 Å². The third kappa shape index (κ3) is 4.70. The van der Waals surface area contributed by atoms with Gasteiger partial charge in [-0.2, -0.15) is 4.98 Å². The largest absolute Gasteiger partial charge is 0.340 e. The third-order valence-electron chi connectivity index (χ3n) is 4.70. The molecule has 0 spiro atoms. The van der Waals surface area contributed by atoms with Crippen molar-refractivity contribution >= 4 is 28.9 Å². The number of anilines is 4. The fraction of sp³-hybridized carbons (Fsp3) is 0.0800. The molecule has 0 aliphatic heterocycles. The smallest absolute Gasteiger partial charge is 0.232 e. The molecule has 5 heteroatoms. The number of hydrogen-bond acceptors (Lipinski definition) is 5. The van der Waals surface area contributed by atoms with Crippen molar-refractivity contribution in [1.82, 2.24) is 9.97 Å². The summed E-state index contributed by atoms with van der Waals surface area (Å²) in [6, 6.07) is 29.5. The Labute approximate surface area is 176 Å². The molecule has 1 N–H and O–H groups in total. The monoisotopic (exact) mass is 394 g/mol. The molecule has 0 atom stereocenters. The van der Waals surface area contributed by atoms with Gasteiger partial charge in [0, 0.05) is 23.1 Å². The number of hydrogen-bond donors (Lipinski definition) is 1. The minimum atomic E-state index is 0.0466. The van der Waals surface area contributed by atoms with Crippen molar-refractivity contribution in [2.24, 2.45) is 0 Å². The highest BCUT2D eigenvalue weighted by molar-refractivity contribution is 5.94. The Bertz CT molecular complexity index is 1110. The number of carbonyl (C=O) groups is 1. The van der Waals surface area contributed by atoms with E-state index in [4.69, 9.17) is 4.98 Å². The highest BCUT2D eigenvalue weighted by Crippen LogP contribution is 2.26. The van der Waals surface area contributed by atoms with Crippen molar-refractivity contribution in [2.45, 2.75) is 13.5 Å². The predicted octanol–water partition coefficient (Wildman–Crippen LogP) is 5.76. The van der Waals surface area contributed by atoms with E-state index in [0.29, 0.717) is 23.9 Å². The van der Waals surface area contributed by atoms with E-state index in [1.807, 2.05) is 66.7 Å². The third-order valence-corrected chi connectivity index (χ3v) is 4.70. The summed E-state index contributed by atoms with van der Waals surface area (Å²) >= 11 is 0. The van der Waals surface area contributed by atoms with E-state index in [9.17, 15) is 4.79 Å². The SMILES string of the molecule is CC(=O)c1ccc(Nc2ccnc(N(Cc3ccccc3)c3ccccc3)n2)cc1. The molecule has 0 aliphatic carbocycles. The molecule has 0 bridgehead atoms. The summed E-state index contributed by atoms with van der Waals surface area (Å²) in [5, 5.41) is 3.29. The number of nitrogens with zero attached hydrogens (tertiary/aromatic N) is 3. The van der Waals surface area contributed by atoms with Crippen LogP contribution in [0.25, 0.3) is 0 Å². The predicted molar refractivity (Wildman–Crippen MR) is 120 cm³/mol. The molecule has 1 heterocycles. The Morgan fingerprint density at radius 2 is 1.53 bits per heavy atom. The first-order valence-corrected chi connectivity index (χ1v) is 9.76. The van der Waals surface area contributed by atoms with E-state index in [1.54, 1.807) is 25.3 Å². The van der Waals surface area contributed by atoms with Gasteiger partial charge in [0.2, 0.25) is 5.95 Å². The van der Waals surface area contributed by atoms with Gasteiger partial charge in [-0.1, -0.05) is 48.5 Å². The van der Waals surface area contributed by atoms with E-state index in [0.717, 1.165) is 11.4 Å². The second-order valence-corrected chi connectivity index (χ2v) is 6.91. The normalized spacial score (nSPS) is 10.4. The lowest BCUT2D eigenvalue weighted by Gasteiger charge is -2.23. The molecular weight excluding hydrogens is 372 g/mol. The second kappa shape index (κ2) is 9.01. The van der Waals surface area contributed by atoms with Crippen LogP contribution in [0, 0.1) is 0 Å². The molecule has 0 radical (unpaired) electrons. The van der Waals surface area contributed by atoms with Crippen LogP contribution < -0.4 is 10.2 Å². The summed E-state index contributed by atoms with van der Waals surface area (Å²) in [7, 11) is 0. The van der Waals surface area contributed by atoms with Gasteiger partial charge in [0.25, 0.3) is 0 Å². The van der Waals surface area contributed by atoms with Gasteiger partial charge >= 0.3 is 0 Å². The lowest BCUT2D eigenvalue weighted by Crippen LogP contribution is -2.19. The fourth-order valence-corrected chi connectivity index (χ4v) is 3.14. The molecule has 0 saturated heterocycles. The second-order valence-electron chi connectivity index (χ2n) is 6.91. The Hall–Kier alpha value is -3.99. The van der Waals surface area contributed by atoms with Crippen LogP contribution in [0.5, 0.6) is 0 Å². The van der Waals surface area contributed by atoms with Crippen LogP contribution in [-0.2, 0) is 6.54 Å². The molecule has 0 fully saturated rings. The molecule has 30 heavy (non-hydrogen) atoms. The first kappa shape index (κ1) is 19.3. The number of ketones is 1. The van der Waals surface area contributed by atoms with Crippen LogP contribution in [0.2, 0.25) is 0 Å². The summed E-state index contributed by atoms with van der Waals surface area (Å²) in [5.41, 5.74) is 3.73. The highest BCUT2D eigenvalue weighted by Gasteiger charge is 2.13. The molecule has 4 rings (SSSR count). The zero-order chi connectivity index (χ0) is 20.8. The molecule has 148 valence electrons. The van der Waals surface area contributed by atoms with Gasteiger partial charge in [-0.3, -0.25) is 4.79 Å². The van der Waals surface area contributed by atoms with E-state index in [1.165, 1.54) is 5.56 Å².